The van der Waals surface area contributed by atoms with E-state index in [1.807, 2.05) is 6.92 Å². The Kier molecular flexibility index (Phi) is 3.28. The Bertz CT molecular complexity index is 168. The van der Waals surface area contributed by atoms with Gasteiger partial charge in [0, 0.05) is 31.5 Å². The molecule has 1 nitrogen and oxygen atoms in total. The van der Waals surface area contributed by atoms with E-state index in [0.717, 1.165) is 0 Å². The van der Waals surface area contributed by atoms with Crippen molar-refractivity contribution < 1.29 is 8.78 Å². The van der Waals surface area contributed by atoms with Gasteiger partial charge in [-0.25, -0.2) is 8.78 Å². The van der Waals surface area contributed by atoms with Gasteiger partial charge in [-0.15, -0.1) is 0 Å². The van der Waals surface area contributed by atoms with Crippen molar-refractivity contribution in [2.45, 2.75) is 45.6 Å². The molecule has 0 radical (unpaired) electrons. The van der Waals surface area contributed by atoms with E-state index in [2.05, 4.69) is 18.7 Å². The van der Waals surface area contributed by atoms with Gasteiger partial charge in [-0.05, 0) is 20.3 Å². The van der Waals surface area contributed by atoms with Gasteiger partial charge in [-0.1, -0.05) is 6.92 Å². The van der Waals surface area contributed by atoms with Crippen molar-refractivity contribution in [1.82, 2.24) is 4.90 Å². The summed E-state index contributed by atoms with van der Waals surface area (Å²) in [5.41, 5.74) is 0. The maximum absolute atomic E-state index is 13.3. The molecule has 1 fully saturated rings. The molecule has 1 atom stereocenters. The third-order valence-corrected chi connectivity index (χ3v) is 3.01. The number of piperidine rings is 1. The highest BCUT2D eigenvalue weighted by atomic mass is 19.3. The first-order chi connectivity index (χ1) is 5.97. The highest BCUT2D eigenvalue weighted by Crippen LogP contribution is 2.35. The molecule has 78 valence electrons. The normalized spacial score (nSPS) is 29.5. The van der Waals surface area contributed by atoms with Crippen molar-refractivity contribution >= 4 is 0 Å². The van der Waals surface area contributed by atoms with Crippen molar-refractivity contribution in [3.63, 3.8) is 0 Å². The third-order valence-electron chi connectivity index (χ3n) is 3.01. The Balaban J connectivity index is 2.58. The van der Waals surface area contributed by atoms with E-state index in [1.165, 1.54) is 0 Å². The van der Waals surface area contributed by atoms with Crippen molar-refractivity contribution in [2.24, 2.45) is 5.92 Å². The summed E-state index contributed by atoms with van der Waals surface area (Å²) < 4.78 is 26.6. The molecule has 0 aromatic heterocycles. The van der Waals surface area contributed by atoms with Gasteiger partial charge in [0.05, 0.1) is 0 Å². The number of halogens is 2. The van der Waals surface area contributed by atoms with Crippen LogP contribution >= 0.6 is 0 Å². The Hall–Kier alpha value is -0.180. The van der Waals surface area contributed by atoms with E-state index >= 15 is 0 Å². The summed E-state index contributed by atoms with van der Waals surface area (Å²) in [4.78, 5) is 2.14. The highest BCUT2D eigenvalue weighted by Gasteiger charge is 2.42. The zero-order valence-electron chi connectivity index (χ0n) is 8.69. The van der Waals surface area contributed by atoms with Crippen LogP contribution in [0, 0.1) is 5.92 Å². The van der Waals surface area contributed by atoms with Crippen LogP contribution in [0.15, 0.2) is 0 Å². The topological polar surface area (TPSA) is 3.24 Å². The smallest absolute Gasteiger partial charge is 0.253 e. The molecule has 1 rings (SSSR count). The molecule has 0 spiro atoms. The first-order valence-electron chi connectivity index (χ1n) is 5.09. The van der Waals surface area contributed by atoms with E-state index in [4.69, 9.17) is 0 Å². The molecule has 3 heteroatoms. The second-order valence-electron chi connectivity index (χ2n) is 4.20. The van der Waals surface area contributed by atoms with E-state index < -0.39 is 11.8 Å². The van der Waals surface area contributed by atoms with E-state index in [0.29, 0.717) is 25.6 Å². The summed E-state index contributed by atoms with van der Waals surface area (Å²) in [5.74, 6) is -2.87. The van der Waals surface area contributed by atoms with Gasteiger partial charge in [0.25, 0.3) is 5.92 Å². The quantitative estimate of drug-likeness (QED) is 0.648. The summed E-state index contributed by atoms with van der Waals surface area (Å²) in [5, 5.41) is 0. The van der Waals surface area contributed by atoms with E-state index in [1.54, 1.807) is 0 Å². The first-order valence-corrected chi connectivity index (χ1v) is 5.09. The van der Waals surface area contributed by atoms with Gasteiger partial charge in [0.2, 0.25) is 0 Å². The molecular formula is C10H19F2N. The largest absolute Gasteiger partial charge is 0.300 e. The molecule has 0 aliphatic carbocycles. The first kappa shape index (κ1) is 10.9. The van der Waals surface area contributed by atoms with Gasteiger partial charge in [-0.2, -0.15) is 0 Å². The van der Waals surface area contributed by atoms with Crippen molar-refractivity contribution in [3.05, 3.63) is 0 Å². The lowest BCUT2D eigenvalue weighted by atomic mass is 9.90. The molecule has 0 amide bonds. The monoisotopic (exact) mass is 191 g/mol. The fourth-order valence-corrected chi connectivity index (χ4v) is 1.90. The average molecular weight is 191 g/mol. The second-order valence-corrected chi connectivity index (χ2v) is 4.20. The molecule has 1 aliphatic heterocycles. The highest BCUT2D eigenvalue weighted by molar-refractivity contribution is 4.86. The molecular weight excluding hydrogens is 172 g/mol. The van der Waals surface area contributed by atoms with Crippen molar-refractivity contribution in [2.75, 3.05) is 13.1 Å². The number of nitrogens with zero attached hydrogens (tertiary/aromatic N) is 1. The van der Waals surface area contributed by atoms with Crippen LogP contribution in [0.4, 0.5) is 8.78 Å². The molecule has 0 N–H and O–H groups in total. The molecule has 1 aliphatic rings. The molecule has 0 aromatic rings. The van der Waals surface area contributed by atoms with Crippen LogP contribution in [-0.2, 0) is 0 Å². The van der Waals surface area contributed by atoms with Crippen LogP contribution in [0.5, 0.6) is 0 Å². The Labute approximate surface area is 79.1 Å². The number of hydrogen-bond donors (Lipinski definition) is 0. The zero-order chi connectivity index (χ0) is 10.1. The van der Waals surface area contributed by atoms with Crippen LogP contribution in [-0.4, -0.2) is 30.0 Å². The minimum atomic E-state index is -2.43. The van der Waals surface area contributed by atoms with Crippen LogP contribution in [0.25, 0.3) is 0 Å². The third kappa shape index (κ3) is 2.39. The van der Waals surface area contributed by atoms with Gasteiger partial charge < -0.3 is 4.90 Å². The molecule has 0 aromatic carbocycles. The van der Waals surface area contributed by atoms with Crippen molar-refractivity contribution in [3.8, 4) is 0 Å². The molecule has 0 bridgehead atoms. The lowest BCUT2D eigenvalue weighted by molar-refractivity contribution is -0.111. The van der Waals surface area contributed by atoms with Crippen LogP contribution in [0.3, 0.4) is 0 Å². The maximum Gasteiger partial charge on any atom is 0.253 e. The fraction of sp³-hybridized carbons (Fsp3) is 1.00. The summed E-state index contributed by atoms with van der Waals surface area (Å²) in [7, 11) is 0. The Morgan fingerprint density at radius 1 is 1.46 bits per heavy atom. The van der Waals surface area contributed by atoms with Crippen LogP contribution in [0.1, 0.15) is 33.6 Å². The molecule has 13 heavy (non-hydrogen) atoms. The minimum absolute atomic E-state index is 0.0314. The van der Waals surface area contributed by atoms with Gasteiger partial charge >= 0.3 is 0 Å². The fourth-order valence-electron chi connectivity index (χ4n) is 1.90. The molecule has 1 heterocycles. The lowest BCUT2D eigenvalue weighted by Crippen LogP contribution is -2.49. The van der Waals surface area contributed by atoms with Crippen LogP contribution in [0.2, 0.25) is 0 Å². The summed E-state index contributed by atoms with van der Waals surface area (Å²) in [6.45, 7) is 7.08. The molecule has 1 saturated heterocycles. The van der Waals surface area contributed by atoms with Crippen LogP contribution < -0.4 is 0 Å². The van der Waals surface area contributed by atoms with E-state index in [-0.39, 0.29) is 6.42 Å². The Morgan fingerprint density at radius 3 is 2.54 bits per heavy atom. The summed E-state index contributed by atoms with van der Waals surface area (Å²) in [6, 6.07) is 0.394. The second kappa shape index (κ2) is 3.91. The average Bonchev–Trinajstić information content (AvgIpc) is 2.03. The summed E-state index contributed by atoms with van der Waals surface area (Å²) in [6.07, 6.45) is 0.611. The number of likely N-dealkylation sites (tertiary alicyclic amines) is 1. The van der Waals surface area contributed by atoms with Gasteiger partial charge in [-0.3, -0.25) is 0 Å². The van der Waals surface area contributed by atoms with Crippen molar-refractivity contribution in [1.29, 1.82) is 0 Å². The standard InChI is InChI=1S/C10H19F2N/c1-4-9-7-13(8(2)3)6-5-10(9,11)12/h8-9H,4-7H2,1-3H3. The van der Waals surface area contributed by atoms with Gasteiger partial charge in [0.15, 0.2) is 0 Å². The Morgan fingerprint density at radius 2 is 2.08 bits per heavy atom. The predicted octanol–water partition coefficient (Wildman–Crippen LogP) is 2.76. The van der Waals surface area contributed by atoms with E-state index in [9.17, 15) is 8.78 Å². The maximum atomic E-state index is 13.3. The SMILES string of the molecule is CCC1CN(C(C)C)CCC1(F)F. The predicted molar refractivity (Wildman–Crippen MR) is 50.1 cm³/mol. The zero-order valence-corrected chi connectivity index (χ0v) is 8.69. The minimum Gasteiger partial charge on any atom is -0.300 e. The number of rotatable bonds is 2. The van der Waals surface area contributed by atoms with Gasteiger partial charge in [0.1, 0.15) is 0 Å². The molecule has 0 saturated carbocycles. The number of alkyl halides is 2. The number of hydrogen-bond acceptors (Lipinski definition) is 1. The molecule has 1 unspecified atom stereocenters. The summed E-state index contributed by atoms with van der Waals surface area (Å²) >= 11 is 0. The lowest BCUT2D eigenvalue weighted by Gasteiger charge is -2.40.